The molecule has 0 unspecified atom stereocenters. The third-order valence-electron chi connectivity index (χ3n) is 5.18. The van der Waals surface area contributed by atoms with Crippen LogP contribution in [-0.4, -0.2) is 74.5 Å². The van der Waals surface area contributed by atoms with Crippen LogP contribution in [0.3, 0.4) is 0 Å². The van der Waals surface area contributed by atoms with Crippen LogP contribution in [0, 0.1) is 10.1 Å². The van der Waals surface area contributed by atoms with Crippen LogP contribution < -0.4 is 10.1 Å². The Labute approximate surface area is 197 Å². The lowest BCUT2D eigenvalue weighted by molar-refractivity contribution is -0.385. The van der Waals surface area contributed by atoms with Gasteiger partial charge in [0.05, 0.1) is 22.7 Å². The van der Waals surface area contributed by atoms with Gasteiger partial charge in [-0.05, 0) is 42.9 Å². The number of amides is 1. The zero-order valence-corrected chi connectivity index (χ0v) is 20.0. The van der Waals surface area contributed by atoms with Gasteiger partial charge in [-0.1, -0.05) is 6.07 Å². The fraction of sp³-hybridized carbons (Fsp3) is 0.381. The number of benzene rings is 2. The van der Waals surface area contributed by atoms with E-state index in [9.17, 15) is 23.3 Å². The summed E-state index contributed by atoms with van der Waals surface area (Å²) in [6.07, 6.45) is 0. The highest BCUT2D eigenvalue weighted by molar-refractivity contribution is 7.99. The first-order valence-corrected chi connectivity index (χ1v) is 12.8. The summed E-state index contributed by atoms with van der Waals surface area (Å²) in [4.78, 5) is 25.1. The first-order valence-electron chi connectivity index (χ1n) is 10.2. The number of hydrogen-bond acceptors (Lipinski definition) is 8. The summed E-state index contributed by atoms with van der Waals surface area (Å²) in [5.41, 5.74) is 1.09. The molecule has 0 spiro atoms. The molecule has 1 heterocycles. The lowest BCUT2D eigenvalue weighted by atomic mass is 10.2. The minimum absolute atomic E-state index is 0.119. The van der Waals surface area contributed by atoms with Gasteiger partial charge in [-0.25, -0.2) is 8.42 Å². The number of hydrogen-bond donors (Lipinski definition) is 1. The molecule has 1 fully saturated rings. The summed E-state index contributed by atoms with van der Waals surface area (Å²) in [5, 5.41) is 13.9. The van der Waals surface area contributed by atoms with Crippen LogP contribution in [0.15, 0.2) is 47.4 Å². The quantitative estimate of drug-likeness (QED) is 0.417. The van der Waals surface area contributed by atoms with Gasteiger partial charge < -0.3 is 15.0 Å². The van der Waals surface area contributed by atoms with Gasteiger partial charge >= 0.3 is 5.69 Å². The molecule has 1 N–H and O–H groups in total. The van der Waals surface area contributed by atoms with Crippen molar-refractivity contribution in [3.05, 3.63) is 58.1 Å². The topological polar surface area (TPSA) is 122 Å². The van der Waals surface area contributed by atoms with Crippen LogP contribution in [0.2, 0.25) is 0 Å². The Kier molecular flexibility index (Phi) is 8.30. The van der Waals surface area contributed by atoms with E-state index in [-0.39, 0.29) is 28.0 Å². The van der Waals surface area contributed by atoms with Crippen LogP contribution in [0.25, 0.3) is 0 Å². The minimum Gasteiger partial charge on any atom is -0.490 e. The minimum atomic E-state index is -3.56. The van der Waals surface area contributed by atoms with Crippen molar-refractivity contribution >= 4 is 39.1 Å². The van der Waals surface area contributed by atoms with Crippen LogP contribution in [-0.2, 0) is 20.6 Å². The van der Waals surface area contributed by atoms with Crippen molar-refractivity contribution in [1.29, 1.82) is 0 Å². The predicted octanol–water partition coefficient (Wildman–Crippen LogP) is 2.41. The Bertz CT molecular complexity index is 1100. The van der Waals surface area contributed by atoms with Gasteiger partial charge in [0.2, 0.25) is 15.9 Å². The molecule has 33 heavy (non-hydrogen) atoms. The monoisotopic (exact) mass is 494 g/mol. The Hall–Kier alpha value is -2.67. The molecule has 3 rings (SSSR count). The van der Waals surface area contributed by atoms with E-state index in [1.165, 1.54) is 47.4 Å². The summed E-state index contributed by atoms with van der Waals surface area (Å²) in [5.74, 6) is 0.490. The smallest absolute Gasteiger partial charge is 0.311 e. The number of anilines is 1. The van der Waals surface area contributed by atoms with Crippen molar-refractivity contribution in [2.24, 2.45) is 0 Å². The maximum atomic E-state index is 12.8. The van der Waals surface area contributed by atoms with Crippen LogP contribution in [0.5, 0.6) is 5.75 Å². The molecule has 1 saturated heterocycles. The second kappa shape index (κ2) is 11.0. The highest BCUT2D eigenvalue weighted by Crippen LogP contribution is 2.29. The van der Waals surface area contributed by atoms with Crippen molar-refractivity contribution in [3.63, 3.8) is 0 Å². The van der Waals surface area contributed by atoms with Gasteiger partial charge in [0, 0.05) is 43.7 Å². The molecule has 0 atom stereocenters. The number of nitro groups is 1. The van der Waals surface area contributed by atoms with Crippen molar-refractivity contribution in [2.75, 3.05) is 51.4 Å². The van der Waals surface area contributed by atoms with Crippen LogP contribution in [0.4, 0.5) is 11.4 Å². The number of nitrogens with zero attached hydrogens (tertiary/aromatic N) is 3. The lowest BCUT2D eigenvalue weighted by Crippen LogP contribution is -2.46. The van der Waals surface area contributed by atoms with E-state index in [2.05, 4.69) is 10.2 Å². The van der Waals surface area contributed by atoms with Crippen molar-refractivity contribution < 1.29 is 22.9 Å². The van der Waals surface area contributed by atoms with E-state index in [0.29, 0.717) is 43.2 Å². The number of methoxy groups -OCH3 is 1. The second-order valence-corrected chi connectivity index (χ2v) is 10.5. The number of ether oxygens (including phenoxy) is 1. The number of carbonyl (C=O) groups is 1. The van der Waals surface area contributed by atoms with E-state index in [1.807, 2.05) is 7.05 Å². The molecule has 0 aliphatic carbocycles. The van der Waals surface area contributed by atoms with E-state index >= 15 is 0 Å². The Morgan fingerprint density at radius 1 is 1.15 bits per heavy atom. The molecule has 1 aliphatic heterocycles. The van der Waals surface area contributed by atoms with Crippen molar-refractivity contribution in [3.8, 4) is 5.75 Å². The zero-order chi connectivity index (χ0) is 24.0. The number of rotatable bonds is 9. The number of sulfonamides is 1. The lowest BCUT2D eigenvalue weighted by Gasteiger charge is -2.31. The third-order valence-corrected chi connectivity index (χ3v) is 8.10. The van der Waals surface area contributed by atoms with Gasteiger partial charge in [-0.15, -0.1) is 11.8 Å². The molecule has 0 aromatic heterocycles. The molecule has 2 aromatic rings. The number of thioether (sulfide) groups is 1. The average molecular weight is 495 g/mol. The highest BCUT2D eigenvalue weighted by Gasteiger charge is 2.27. The Balaban J connectivity index is 1.52. The average Bonchev–Trinajstić information content (AvgIpc) is 2.79. The predicted molar refractivity (Wildman–Crippen MR) is 127 cm³/mol. The van der Waals surface area contributed by atoms with E-state index in [1.54, 1.807) is 18.2 Å². The van der Waals surface area contributed by atoms with E-state index < -0.39 is 14.9 Å². The van der Waals surface area contributed by atoms with Crippen molar-refractivity contribution in [2.45, 2.75) is 10.6 Å². The van der Waals surface area contributed by atoms with Gasteiger partial charge in [0.1, 0.15) is 0 Å². The number of nitrogens with one attached hydrogen (secondary N) is 1. The molecular weight excluding hydrogens is 468 g/mol. The fourth-order valence-corrected chi connectivity index (χ4v) is 5.51. The summed E-state index contributed by atoms with van der Waals surface area (Å²) in [6.45, 7) is 2.28. The molecule has 12 heteroatoms. The number of piperazine rings is 1. The summed E-state index contributed by atoms with van der Waals surface area (Å²) in [6, 6.07) is 10.8. The van der Waals surface area contributed by atoms with E-state index in [0.717, 1.165) is 0 Å². The van der Waals surface area contributed by atoms with Crippen LogP contribution in [0.1, 0.15) is 5.56 Å². The molecule has 1 amide bonds. The number of likely N-dealkylation sites (N-methyl/N-ethyl adjacent to an activating group) is 1. The summed E-state index contributed by atoms with van der Waals surface area (Å²) >= 11 is 1.31. The van der Waals surface area contributed by atoms with E-state index in [4.69, 9.17) is 4.74 Å². The maximum Gasteiger partial charge on any atom is 0.311 e. The molecule has 1 aliphatic rings. The maximum absolute atomic E-state index is 12.8. The molecule has 2 aromatic carbocycles. The van der Waals surface area contributed by atoms with Gasteiger partial charge in [-0.3, -0.25) is 14.9 Å². The van der Waals surface area contributed by atoms with Gasteiger partial charge in [0.25, 0.3) is 0 Å². The molecule has 0 radical (unpaired) electrons. The third kappa shape index (κ3) is 6.44. The zero-order valence-electron chi connectivity index (χ0n) is 18.4. The molecule has 0 bridgehead atoms. The first kappa shape index (κ1) is 25.0. The number of nitro benzene ring substituents is 1. The van der Waals surface area contributed by atoms with Crippen molar-refractivity contribution in [1.82, 2.24) is 9.21 Å². The highest BCUT2D eigenvalue weighted by atomic mass is 32.2. The Morgan fingerprint density at radius 2 is 1.82 bits per heavy atom. The van der Waals surface area contributed by atoms with Crippen LogP contribution >= 0.6 is 11.8 Å². The molecule has 0 saturated carbocycles. The second-order valence-electron chi connectivity index (χ2n) is 7.54. The summed E-state index contributed by atoms with van der Waals surface area (Å²) < 4.78 is 32.0. The molecule has 178 valence electrons. The molecular formula is C21H26N4O6S2. The fourth-order valence-electron chi connectivity index (χ4n) is 3.31. The Morgan fingerprint density at radius 3 is 2.42 bits per heavy atom. The molecule has 10 nitrogen and oxygen atoms in total. The standard InChI is InChI=1S/C21H26N4O6S2/c1-23-9-11-24(12-10-23)33(29,30)18-6-4-17(5-7-18)22-21(26)15-32-14-16-3-8-20(31-2)19(13-16)25(27)28/h3-8,13H,9-12,14-15H2,1-2H3,(H,22,26). The van der Waals surface area contributed by atoms with Gasteiger partial charge in [-0.2, -0.15) is 4.31 Å². The SMILES string of the molecule is COc1ccc(CSCC(=O)Nc2ccc(S(=O)(=O)N3CCN(C)CC3)cc2)cc1[N+](=O)[O-]. The van der Waals surface area contributed by atoms with Gasteiger partial charge in [0.15, 0.2) is 5.75 Å². The first-order chi connectivity index (χ1) is 15.7. The largest absolute Gasteiger partial charge is 0.490 e. The summed E-state index contributed by atoms with van der Waals surface area (Å²) in [7, 11) is -0.228. The number of carbonyl (C=O) groups excluding carboxylic acids is 1. The normalized spacial score (nSPS) is 15.2.